The Balaban J connectivity index is 3.43. The van der Waals surface area contributed by atoms with Crippen LogP contribution in [-0.2, 0) is 0 Å². The lowest BCUT2D eigenvalue weighted by Crippen LogP contribution is -2.30. The molecule has 0 saturated carbocycles. The lowest BCUT2D eigenvalue weighted by molar-refractivity contribution is 0.869. The fraction of sp³-hybridized carbons (Fsp3) is 0. The molecule has 6 heteroatoms. The highest BCUT2D eigenvalue weighted by Gasteiger charge is 1.98. The number of nitrogens with two attached hydrogens (primary N) is 2. The van der Waals surface area contributed by atoms with Crippen LogP contribution >= 0.6 is 22.6 Å². The number of hydrogen-bond donors (Lipinski definition) is 2. The van der Waals surface area contributed by atoms with Gasteiger partial charge < -0.3 is 11.6 Å². The molecule has 0 amide bonds. The van der Waals surface area contributed by atoms with Crippen molar-refractivity contribution in [1.29, 1.82) is 0 Å². The molecule has 0 atom stereocenters. The van der Waals surface area contributed by atoms with Crippen molar-refractivity contribution in [3.63, 3.8) is 0 Å². The Kier molecular flexibility index (Phi) is 1.79. The second-order valence-electron chi connectivity index (χ2n) is 1.66. The van der Waals surface area contributed by atoms with Gasteiger partial charge in [0.1, 0.15) is 5.82 Å². The summed E-state index contributed by atoms with van der Waals surface area (Å²) in [6.07, 6.45) is 1.42. The summed E-state index contributed by atoms with van der Waals surface area (Å²) < 4.78 is 1.55. The largest absolute Gasteiger partial charge is 0.383 e. The molecule has 0 aliphatic rings. The minimum atomic E-state index is -0.544. The zero-order valence-electron chi connectivity index (χ0n) is 4.91. The first kappa shape index (κ1) is 7.32. The van der Waals surface area contributed by atoms with Crippen LogP contribution in [0.3, 0.4) is 0 Å². The highest BCUT2D eigenvalue weighted by molar-refractivity contribution is 14.1. The third-order valence-corrected chi connectivity index (χ3v) is 1.77. The van der Waals surface area contributed by atoms with Crippen molar-refractivity contribution in [3.8, 4) is 0 Å². The normalized spacial score (nSPS) is 9.70. The van der Waals surface area contributed by atoms with Crippen LogP contribution in [0.25, 0.3) is 0 Å². The van der Waals surface area contributed by atoms with Crippen LogP contribution in [-0.4, -0.2) is 9.66 Å². The molecule has 1 aromatic heterocycles. The van der Waals surface area contributed by atoms with E-state index in [9.17, 15) is 4.79 Å². The molecule has 5 nitrogen and oxygen atoms in total. The standard InChI is InChI=1S/C4H5IN4O/c5-2-1-9(7)4(10)8-3(2)6/h1H,7H2,(H2,6,8,10). The third kappa shape index (κ3) is 1.20. The molecule has 10 heavy (non-hydrogen) atoms. The van der Waals surface area contributed by atoms with Crippen LogP contribution in [0, 0.1) is 3.57 Å². The number of hydrogen-bond acceptors (Lipinski definition) is 4. The Labute approximate surface area is 70.2 Å². The molecule has 0 aliphatic heterocycles. The monoisotopic (exact) mass is 252 g/mol. The number of halogens is 1. The Hall–Kier alpha value is -0.790. The van der Waals surface area contributed by atoms with E-state index in [2.05, 4.69) is 4.98 Å². The van der Waals surface area contributed by atoms with Gasteiger partial charge in [0.2, 0.25) is 0 Å². The van der Waals surface area contributed by atoms with E-state index in [1.165, 1.54) is 6.20 Å². The van der Waals surface area contributed by atoms with Gasteiger partial charge in [0, 0.05) is 6.20 Å². The summed E-state index contributed by atoms with van der Waals surface area (Å²) in [7, 11) is 0. The van der Waals surface area contributed by atoms with Crippen molar-refractivity contribution in [1.82, 2.24) is 9.66 Å². The van der Waals surface area contributed by atoms with Gasteiger partial charge >= 0.3 is 5.69 Å². The first-order valence-corrected chi connectivity index (χ1v) is 3.49. The van der Waals surface area contributed by atoms with Crippen molar-refractivity contribution in [2.24, 2.45) is 0 Å². The highest BCUT2D eigenvalue weighted by Crippen LogP contribution is 2.05. The van der Waals surface area contributed by atoms with E-state index in [1.807, 2.05) is 22.6 Å². The van der Waals surface area contributed by atoms with Crippen LogP contribution in [0.15, 0.2) is 11.0 Å². The lowest BCUT2D eigenvalue weighted by atomic mass is 10.6. The Morgan fingerprint density at radius 1 is 1.70 bits per heavy atom. The summed E-state index contributed by atoms with van der Waals surface area (Å²) in [6.45, 7) is 0. The molecule has 0 radical (unpaired) electrons. The molecule has 0 bridgehead atoms. The van der Waals surface area contributed by atoms with E-state index in [1.54, 1.807) is 0 Å². The van der Waals surface area contributed by atoms with Crippen molar-refractivity contribution >= 4 is 28.4 Å². The highest BCUT2D eigenvalue weighted by atomic mass is 127. The summed E-state index contributed by atoms with van der Waals surface area (Å²) in [6, 6.07) is 0. The summed E-state index contributed by atoms with van der Waals surface area (Å²) >= 11 is 1.94. The fourth-order valence-corrected chi connectivity index (χ4v) is 0.878. The van der Waals surface area contributed by atoms with E-state index in [0.29, 0.717) is 3.57 Å². The van der Waals surface area contributed by atoms with Crippen LogP contribution in [0.5, 0.6) is 0 Å². The van der Waals surface area contributed by atoms with Crippen molar-refractivity contribution in [2.45, 2.75) is 0 Å². The Morgan fingerprint density at radius 3 is 2.80 bits per heavy atom. The topological polar surface area (TPSA) is 86.9 Å². The molecule has 0 fully saturated rings. The molecule has 54 valence electrons. The van der Waals surface area contributed by atoms with Crippen molar-refractivity contribution < 1.29 is 0 Å². The maximum Gasteiger partial charge on any atom is 0.367 e. The number of nitrogen functional groups attached to an aromatic ring is 2. The summed E-state index contributed by atoms with van der Waals surface area (Å²) in [5.74, 6) is 5.39. The fourth-order valence-electron chi connectivity index (χ4n) is 0.458. The molecule has 0 spiro atoms. The molecular formula is C4H5IN4O. The lowest BCUT2D eigenvalue weighted by Gasteiger charge is -1.97. The average molecular weight is 252 g/mol. The molecule has 4 N–H and O–H groups in total. The van der Waals surface area contributed by atoms with E-state index < -0.39 is 5.69 Å². The first-order valence-electron chi connectivity index (χ1n) is 2.41. The molecule has 1 aromatic rings. The summed E-state index contributed by atoms with van der Waals surface area (Å²) in [4.78, 5) is 14.1. The predicted octanol–water partition coefficient (Wildman–Crippen LogP) is -0.856. The molecule has 0 unspecified atom stereocenters. The molecule has 0 aliphatic carbocycles. The van der Waals surface area contributed by atoms with E-state index in [0.717, 1.165) is 4.68 Å². The van der Waals surface area contributed by atoms with Crippen LogP contribution in [0.2, 0.25) is 0 Å². The number of anilines is 1. The minimum Gasteiger partial charge on any atom is -0.383 e. The third-order valence-electron chi connectivity index (χ3n) is 0.934. The van der Waals surface area contributed by atoms with E-state index in [4.69, 9.17) is 11.6 Å². The maximum atomic E-state index is 10.6. The SMILES string of the molecule is Nc1nc(=O)n(N)cc1I. The molecular weight excluding hydrogens is 247 g/mol. The summed E-state index contributed by atoms with van der Waals surface area (Å²) in [5.41, 5.74) is 4.76. The molecule has 1 heterocycles. The summed E-state index contributed by atoms with van der Waals surface area (Å²) in [5, 5.41) is 0. The molecule has 1 rings (SSSR count). The maximum absolute atomic E-state index is 10.6. The van der Waals surface area contributed by atoms with E-state index >= 15 is 0 Å². The molecule has 0 saturated heterocycles. The van der Waals surface area contributed by atoms with Gasteiger partial charge in [0.25, 0.3) is 0 Å². The van der Waals surface area contributed by atoms with E-state index in [-0.39, 0.29) is 5.82 Å². The second kappa shape index (κ2) is 2.45. The predicted molar refractivity (Wildman–Crippen MR) is 45.8 cm³/mol. The first-order chi connectivity index (χ1) is 4.61. The van der Waals surface area contributed by atoms with Crippen molar-refractivity contribution in [2.75, 3.05) is 11.6 Å². The number of aromatic nitrogens is 2. The minimum absolute atomic E-state index is 0.215. The van der Waals surface area contributed by atoms with Crippen LogP contribution < -0.4 is 17.3 Å². The van der Waals surface area contributed by atoms with Gasteiger partial charge in [-0.1, -0.05) is 0 Å². The number of nitrogens with zero attached hydrogens (tertiary/aromatic N) is 2. The van der Waals surface area contributed by atoms with Gasteiger partial charge in [-0.3, -0.25) is 0 Å². The van der Waals surface area contributed by atoms with Gasteiger partial charge in [0.05, 0.1) is 3.57 Å². The number of rotatable bonds is 0. The quantitative estimate of drug-likeness (QED) is 0.464. The van der Waals surface area contributed by atoms with Gasteiger partial charge in [-0.15, -0.1) is 0 Å². The smallest absolute Gasteiger partial charge is 0.367 e. The average Bonchev–Trinajstić information content (AvgIpc) is 1.84. The van der Waals surface area contributed by atoms with Crippen LogP contribution in [0.4, 0.5) is 5.82 Å². The Bertz CT molecular complexity index is 307. The molecule has 0 aromatic carbocycles. The Morgan fingerprint density at radius 2 is 2.30 bits per heavy atom. The van der Waals surface area contributed by atoms with Gasteiger partial charge in [-0.25, -0.2) is 9.47 Å². The second-order valence-corrected chi connectivity index (χ2v) is 2.83. The zero-order chi connectivity index (χ0) is 7.72. The van der Waals surface area contributed by atoms with Crippen LogP contribution in [0.1, 0.15) is 0 Å². The van der Waals surface area contributed by atoms with Gasteiger partial charge in [-0.05, 0) is 22.6 Å². The van der Waals surface area contributed by atoms with Crippen molar-refractivity contribution in [3.05, 3.63) is 20.3 Å². The zero-order valence-corrected chi connectivity index (χ0v) is 7.07. The van der Waals surface area contributed by atoms with Gasteiger partial charge in [0.15, 0.2) is 0 Å². The van der Waals surface area contributed by atoms with Gasteiger partial charge in [-0.2, -0.15) is 4.98 Å².